The molecule has 0 unspecified atom stereocenters. The van der Waals surface area contributed by atoms with E-state index in [1.54, 1.807) is 28.1 Å². The summed E-state index contributed by atoms with van der Waals surface area (Å²) < 4.78 is 3.36. The van der Waals surface area contributed by atoms with Crippen molar-refractivity contribution >= 4 is 11.6 Å². The number of amides is 1. The van der Waals surface area contributed by atoms with Crippen LogP contribution in [0.25, 0.3) is 11.4 Å². The van der Waals surface area contributed by atoms with Crippen molar-refractivity contribution in [3.05, 3.63) is 48.5 Å². The summed E-state index contributed by atoms with van der Waals surface area (Å²) in [6, 6.07) is 7.41. The van der Waals surface area contributed by atoms with Crippen molar-refractivity contribution in [2.24, 2.45) is 7.05 Å². The highest BCUT2D eigenvalue weighted by atomic mass is 16.1. The number of carbonyl (C=O) groups excluding carboxylic acids is 1. The zero-order chi connectivity index (χ0) is 15.5. The topological polar surface area (TPSA) is 77.6 Å². The Kier molecular flexibility index (Phi) is 3.69. The van der Waals surface area contributed by atoms with E-state index in [2.05, 4.69) is 20.5 Å². The van der Waals surface area contributed by atoms with Gasteiger partial charge in [0.2, 0.25) is 0 Å². The maximum Gasteiger partial charge on any atom is 0.258 e. The van der Waals surface area contributed by atoms with Gasteiger partial charge in [0.25, 0.3) is 5.91 Å². The van der Waals surface area contributed by atoms with Crippen LogP contribution in [0.5, 0.6) is 0 Å². The Balaban J connectivity index is 1.72. The van der Waals surface area contributed by atoms with Crippen LogP contribution in [0.4, 0.5) is 5.69 Å². The second-order valence-corrected chi connectivity index (χ2v) is 4.86. The fourth-order valence-electron chi connectivity index (χ4n) is 2.03. The lowest BCUT2D eigenvalue weighted by Gasteiger charge is -2.04. The lowest BCUT2D eigenvalue weighted by Crippen LogP contribution is -2.11. The third-order valence-electron chi connectivity index (χ3n) is 3.22. The molecule has 0 aliphatic heterocycles. The summed E-state index contributed by atoms with van der Waals surface area (Å²) in [4.78, 5) is 16.3. The standard InChI is InChI=1S/C15H16N6O/c1-3-21-9-12(8-17-21)15(22)18-13-6-4-11(5-7-13)14-16-10-20(2)19-14/h4-10H,3H2,1-2H3,(H,18,22). The molecule has 2 aromatic heterocycles. The number of aryl methyl sites for hydroxylation is 2. The van der Waals surface area contributed by atoms with Crippen molar-refractivity contribution in [1.82, 2.24) is 24.5 Å². The monoisotopic (exact) mass is 296 g/mol. The number of aromatic nitrogens is 5. The molecule has 1 amide bonds. The molecule has 7 nitrogen and oxygen atoms in total. The van der Waals surface area contributed by atoms with Crippen LogP contribution >= 0.6 is 0 Å². The van der Waals surface area contributed by atoms with E-state index in [0.717, 1.165) is 12.1 Å². The number of carbonyl (C=O) groups is 1. The molecular weight excluding hydrogens is 280 g/mol. The Hall–Kier alpha value is -2.96. The van der Waals surface area contributed by atoms with E-state index in [9.17, 15) is 4.79 Å². The Morgan fingerprint density at radius 3 is 2.64 bits per heavy atom. The van der Waals surface area contributed by atoms with Crippen molar-refractivity contribution in [2.45, 2.75) is 13.5 Å². The molecule has 0 saturated heterocycles. The number of rotatable bonds is 4. The molecule has 3 rings (SSSR count). The number of anilines is 1. The molecule has 0 saturated carbocycles. The van der Waals surface area contributed by atoms with Crippen LogP contribution in [0.3, 0.4) is 0 Å². The van der Waals surface area contributed by atoms with Crippen LogP contribution in [-0.4, -0.2) is 30.5 Å². The van der Waals surface area contributed by atoms with E-state index in [1.807, 2.05) is 38.2 Å². The molecule has 0 atom stereocenters. The van der Waals surface area contributed by atoms with Crippen LogP contribution in [0.2, 0.25) is 0 Å². The van der Waals surface area contributed by atoms with Crippen LogP contribution in [0.1, 0.15) is 17.3 Å². The van der Waals surface area contributed by atoms with Crippen LogP contribution in [0, 0.1) is 0 Å². The highest BCUT2D eigenvalue weighted by Crippen LogP contribution is 2.18. The summed E-state index contributed by atoms with van der Waals surface area (Å²) in [5, 5.41) is 11.2. The molecule has 3 aromatic rings. The largest absolute Gasteiger partial charge is 0.322 e. The van der Waals surface area contributed by atoms with Gasteiger partial charge in [-0.3, -0.25) is 14.2 Å². The second kappa shape index (κ2) is 5.80. The molecule has 22 heavy (non-hydrogen) atoms. The highest BCUT2D eigenvalue weighted by molar-refractivity contribution is 6.04. The van der Waals surface area contributed by atoms with Gasteiger partial charge < -0.3 is 5.32 Å². The zero-order valence-electron chi connectivity index (χ0n) is 12.4. The first-order valence-electron chi connectivity index (χ1n) is 6.95. The van der Waals surface area contributed by atoms with Crippen LogP contribution in [-0.2, 0) is 13.6 Å². The summed E-state index contributed by atoms with van der Waals surface area (Å²) in [7, 11) is 1.82. The lowest BCUT2D eigenvalue weighted by molar-refractivity contribution is 0.102. The Morgan fingerprint density at radius 1 is 1.27 bits per heavy atom. The normalized spacial score (nSPS) is 10.6. The van der Waals surface area contributed by atoms with Gasteiger partial charge in [-0.15, -0.1) is 0 Å². The predicted octanol–water partition coefficient (Wildman–Crippen LogP) is 1.95. The van der Waals surface area contributed by atoms with Gasteiger partial charge >= 0.3 is 0 Å². The molecule has 0 aliphatic carbocycles. The van der Waals surface area contributed by atoms with Crippen molar-refractivity contribution < 1.29 is 4.79 Å². The van der Waals surface area contributed by atoms with Gasteiger partial charge in [0, 0.05) is 31.0 Å². The molecule has 0 fully saturated rings. The van der Waals surface area contributed by atoms with E-state index in [0.29, 0.717) is 17.1 Å². The molecule has 1 aromatic carbocycles. The molecule has 0 bridgehead atoms. The first-order chi connectivity index (χ1) is 10.7. The number of hydrogen-bond donors (Lipinski definition) is 1. The number of nitrogens with one attached hydrogen (secondary N) is 1. The summed E-state index contributed by atoms with van der Waals surface area (Å²) in [6.07, 6.45) is 4.93. The summed E-state index contributed by atoms with van der Waals surface area (Å²) >= 11 is 0. The van der Waals surface area contributed by atoms with Gasteiger partial charge in [0.05, 0.1) is 11.8 Å². The average Bonchev–Trinajstić information content (AvgIpc) is 3.17. The van der Waals surface area contributed by atoms with E-state index in [1.165, 1.54) is 0 Å². The minimum absolute atomic E-state index is 0.177. The molecule has 1 N–H and O–H groups in total. The predicted molar refractivity (Wildman–Crippen MR) is 82.3 cm³/mol. The maximum absolute atomic E-state index is 12.1. The third kappa shape index (κ3) is 2.88. The quantitative estimate of drug-likeness (QED) is 0.798. The average molecular weight is 296 g/mol. The SMILES string of the molecule is CCn1cc(C(=O)Nc2ccc(-c3ncn(C)n3)cc2)cn1. The highest BCUT2D eigenvalue weighted by Gasteiger charge is 2.09. The van der Waals surface area contributed by atoms with Gasteiger partial charge in [-0.2, -0.15) is 10.2 Å². The van der Waals surface area contributed by atoms with E-state index < -0.39 is 0 Å². The number of nitrogens with zero attached hydrogens (tertiary/aromatic N) is 5. The van der Waals surface area contributed by atoms with Crippen molar-refractivity contribution in [3.8, 4) is 11.4 Å². The van der Waals surface area contributed by atoms with Crippen LogP contribution < -0.4 is 5.32 Å². The first-order valence-corrected chi connectivity index (χ1v) is 6.95. The van der Waals surface area contributed by atoms with Crippen LogP contribution in [0.15, 0.2) is 43.0 Å². The number of benzene rings is 1. The Morgan fingerprint density at radius 2 is 2.05 bits per heavy atom. The fourth-order valence-corrected chi connectivity index (χ4v) is 2.03. The van der Waals surface area contributed by atoms with Gasteiger partial charge in [0.15, 0.2) is 5.82 Å². The van der Waals surface area contributed by atoms with Gasteiger partial charge in [0.1, 0.15) is 6.33 Å². The molecule has 0 aliphatic rings. The maximum atomic E-state index is 12.1. The van der Waals surface area contributed by atoms with E-state index in [4.69, 9.17) is 0 Å². The molecular formula is C15H16N6O. The van der Waals surface area contributed by atoms with Gasteiger partial charge in [-0.05, 0) is 31.2 Å². The van der Waals surface area contributed by atoms with Crippen molar-refractivity contribution in [1.29, 1.82) is 0 Å². The smallest absolute Gasteiger partial charge is 0.258 e. The minimum Gasteiger partial charge on any atom is -0.322 e. The van der Waals surface area contributed by atoms with Crippen molar-refractivity contribution in [3.63, 3.8) is 0 Å². The summed E-state index contributed by atoms with van der Waals surface area (Å²) in [5.74, 6) is 0.480. The summed E-state index contributed by atoms with van der Waals surface area (Å²) in [5.41, 5.74) is 2.16. The molecule has 0 radical (unpaired) electrons. The first kappa shape index (κ1) is 14.0. The molecule has 7 heteroatoms. The Labute approximate surface area is 127 Å². The van der Waals surface area contributed by atoms with Gasteiger partial charge in [-0.1, -0.05) is 0 Å². The Bertz CT molecular complexity index is 786. The fraction of sp³-hybridized carbons (Fsp3) is 0.200. The molecule has 112 valence electrons. The zero-order valence-corrected chi connectivity index (χ0v) is 12.4. The second-order valence-electron chi connectivity index (χ2n) is 4.86. The number of hydrogen-bond acceptors (Lipinski definition) is 4. The molecule has 2 heterocycles. The third-order valence-corrected chi connectivity index (χ3v) is 3.22. The van der Waals surface area contributed by atoms with Crippen molar-refractivity contribution in [2.75, 3.05) is 5.32 Å². The van der Waals surface area contributed by atoms with Gasteiger partial charge in [-0.25, -0.2) is 4.98 Å². The summed E-state index contributed by atoms with van der Waals surface area (Å²) in [6.45, 7) is 2.71. The minimum atomic E-state index is -0.177. The van der Waals surface area contributed by atoms with E-state index in [-0.39, 0.29) is 5.91 Å². The van der Waals surface area contributed by atoms with E-state index >= 15 is 0 Å². The lowest BCUT2D eigenvalue weighted by atomic mass is 10.2. The molecule has 0 spiro atoms.